The molecule has 1 rings (SSSR count). The second-order valence-corrected chi connectivity index (χ2v) is 2.96. The van der Waals surface area contributed by atoms with Crippen molar-refractivity contribution in [2.24, 2.45) is 5.73 Å². The van der Waals surface area contributed by atoms with Gasteiger partial charge in [0.1, 0.15) is 18.4 Å². The molecule has 1 aromatic rings. The molecule has 16 heavy (non-hydrogen) atoms. The van der Waals surface area contributed by atoms with E-state index < -0.39 is 11.7 Å². The van der Waals surface area contributed by atoms with Crippen LogP contribution in [0.5, 0.6) is 5.75 Å². The van der Waals surface area contributed by atoms with E-state index in [-0.39, 0.29) is 24.5 Å². The highest BCUT2D eigenvalue weighted by molar-refractivity contribution is 5.46. The Morgan fingerprint density at radius 3 is 2.56 bits per heavy atom. The number of nitriles is 1. The zero-order valence-corrected chi connectivity index (χ0v) is 8.21. The van der Waals surface area contributed by atoms with Crippen LogP contribution in [0, 0.1) is 11.3 Å². The van der Waals surface area contributed by atoms with Crippen molar-refractivity contribution in [3.63, 3.8) is 0 Å². The van der Waals surface area contributed by atoms with Crippen LogP contribution < -0.4 is 10.5 Å². The van der Waals surface area contributed by atoms with Crippen LogP contribution in [0.3, 0.4) is 0 Å². The van der Waals surface area contributed by atoms with Gasteiger partial charge in [-0.3, -0.25) is 0 Å². The molecule has 86 valence electrons. The second-order valence-electron chi connectivity index (χ2n) is 2.96. The Morgan fingerprint density at radius 2 is 2.06 bits per heavy atom. The summed E-state index contributed by atoms with van der Waals surface area (Å²) in [6, 6.07) is 4.40. The number of ether oxygens (including phenoxy) is 1. The SMILES string of the molecule is N#Cc1cc(C(F)(F)F)ccc1OCCN. The predicted molar refractivity (Wildman–Crippen MR) is 50.7 cm³/mol. The van der Waals surface area contributed by atoms with Gasteiger partial charge in [-0.2, -0.15) is 18.4 Å². The van der Waals surface area contributed by atoms with Crippen LogP contribution in [-0.4, -0.2) is 13.2 Å². The van der Waals surface area contributed by atoms with E-state index in [0.717, 1.165) is 18.2 Å². The van der Waals surface area contributed by atoms with E-state index in [4.69, 9.17) is 15.7 Å². The van der Waals surface area contributed by atoms with E-state index in [1.807, 2.05) is 0 Å². The number of benzene rings is 1. The number of alkyl halides is 3. The molecule has 0 saturated heterocycles. The highest BCUT2D eigenvalue weighted by Gasteiger charge is 2.31. The molecule has 3 nitrogen and oxygen atoms in total. The van der Waals surface area contributed by atoms with Gasteiger partial charge in [0.25, 0.3) is 0 Å². The molecule has 0 spiro atoms. The number of nitrogens with two attached hydrogens (primary N) is 1. The van der Waals surface area contributed by atoms with Gasteiger partial charge in [0.15, 0.2) is 0 Å². The Kier molecular flexibility index (Phi) is 3.74. The third kappa shape index (κ3) is 2.87. The molecule has 6 heteroatoms. The van der Waals surface area contributed by atoms with Crippen LogP contribution in [0.1, 0.15) is 11.1 Å². The summed E-state index contributed by atoms with van der Waals surface area (Å²) >= 11 is 0. The maximum atomic E-state index is 12.3. The standard InChI is InChI=1S/C10H9F3N2O/c11-10(12,13)8-1-2-9(16-4-3-14)7(5-8)6-15/h1-2,5H,3-4,14H2. The number of halogens is 3. The lowest BCUT2D eigenvalue weighted by Gasteiger charge is -2.10. The molecule has 0 heterocycles. The average molecular weight is 230 g/mol. The minimum atomic E-state index is -4.46. The van der Waals surface area contributed by atoms with Crippen LogP contribution in [0.2, 0.25) is 0 Å². The quantitative estimate of drug-likeness (QED) is 0.862. The number of hydrogen-bond donors (Lipinski definition) is 1. The van der Waals surface area contributed by atoms with Gasteiger partial charge < -0.3 is 10.5 Å². The van der Waals surface area contributed by atoms with Gasteiger partial charge in [-0.15, -0.1) is 0 Å². The van der Waals surface area contributed by atoms with Gasteiger partial charge in [0.2, 0.25) is 0 Å². The molecule has 1 aromatic carbocycles. The van der Waals surface area contributed by atoms with Crippen molar-refractivity contribution in [3.05, 3.63) is 29.3 Å². The molecule has 0 bridgehead atoms. The Labute approximate surface area is 90.2 Å². The highest BCUT2D eigenvalue weighted by Crippen LogP contribution is 2.32. The molecule has 0 radical (unpaired) electrons. The maximum Gasteiger partial charge on any atom is 0.416 e. The van der Waals surface area contributed by atoms with Crippen LogP contribution in [-0.2, 0) is 6.18 Å². The number of hydrogen-bond acceptors (Lipinski definition) is 3. The van der Waals surface area contributed by atoms with E-state index in [9.17, 15) is 13.2 Å². The predicted octanol–water partition coefficient (Wildman–Crippen LogP) is 1.91. The summed E-state index contributed by atoms with van der Waals surface area (Å²) in [6.45, 7) is 0.381. The Balaban J connectivity index is 3.04. The average Bonchev–Trinajstić information content (AvgIpc) is 2.24. The topological polar surface area (TPSA) is 59.0 Å². The molecule has 0 aliphatic rings. The maximum absolute atomic E-state index is 12.3. The summed E-state index contributed by atoms with van der Waals surface area (Å²) in [5.74, 6) is 0.112. The van der Waals surface area contributed by atoms with Crippen LogP contribution in [0.25, 0.3) is 0 Å². The Morgan fingerprint density at radius 1 is 1.38 bits per heavy atom. The summed E-state index contributed by atoms with van der Waals surface area (Å²) < 4.78 is 42.0. The van der Waals surface area contributed by atoms with Crippen molar-refractivity contribution >= 4 is 0 Å². The minimum absolute atomic E-state index is 0.112. The van der Waals surface area contributed by atoms with Crippen LogP contribution >= 0.6 is 0 Å². The van der Waals surface area contributed by atoms with Gasteiger partial charge in [-0.1, -0.05) is 0 Å². The first-order chi connectivity index (χ1) is 7.49. The number of nitrogens with zero attached hydrogens (tertiary/aromatic N) is 1. The smallest absolute Gasteiger partial charge is 0.416 e. The first-order valence-electron chi connectivity index (χ1n) is 4.43. The summed E-state index contributed by atoms with van der Waals surface area (Å²) in [6.07, 6.45) is -4.46. The fourth-order valence-corrected chi connectivity index (χ4v) is 1.09. The van der Waals surface area contributed by atoms with E-state index in [0.29, 0.717) is 0 Å². The van der Waals surface area contributed by atoms with Crippen molar-refractivity contribution in [1.29, 1.82) is 5.26 Å². The molecule has 0 saturated carbocycles. The summed E-state index contributed by atoms with van der Waals surface area (Å²) in [4.78, 5) is 0. The lowest BCUT2D eigenvalue weighted by Crippen LogP contribution is -2.12. The largest absolute Gasteiger partial charge is 0.491 e. The lowest BCUT2D eigenvalue weighted by molar-refractivity contribution is -0.137. The van der Waals surface area contributed by atoms with Gasteiger partial charge in [-0.05, 0) is 18.2 Å². The third-order valence-electron chi connectivity index (χ3n) is 1.80. The van der Waals surface area contributed by atoms with Gasteiger partial charge >= 0.3 is 6.18 Å². The van der Waals surface area contributed by atoms with E-state index in [2.05, 4.69) is 0 Å². The van der Waals surface area contributed by atoms with Crippen molar-refractivity contribution in [3.8, 4) is 11.8 Å². The zero-order valence-electron chi connectivity index (χ0n) is 8.21. The Bertz CT molecular complexity index is 410. The number of rotatable bonds is 3. The summed E-state index contributed by atoms with van der Waals surface area (Å²) in [5.41, 5.74) is 4.16. The molecule has 0 aliphatic carbocycles. The fraction of sp³-hybridized carbons (Fsp3) is 0.300. The van der Waals surface area contributed by atoms with Crippen molar-refractivity contribution in [2.45, 2.75) is 6.18 Å². The van der Waals surface area contributed by atoms with Gasteiger partial charge in [-0.25, -0.2) is 0 Å². The van der Waals surface area contributed by atoms with Gasteiger partial charge in [0, 0.05) is 6.54 Å². The van der Waals surface area contributed by atoms with Crippen LogP contribution in [0.4, 0.5) is 13.2 Å². The molecule has 0 unspecified atom stereocenters. The van der Waals surface area contributed by atoms with E-state index in [1.54, 1.807) is 6.07 Å². The fourth-order valence-electron chi connectivity index (χ4n) is 1.09. The highest BCUT2D eigenvalue weighted by atomic mass is 19.4. The molecule has 0 fully saturated rings. The second kappa shape index (κ2) is 4.86. The molecule has 0 aliphatic heterocycles. The summed E-state index contributed by atoms with van der Waals surface area (Å²) in [5, 5.41) is 8.68. The van der Waals surface area contributed by atoms with Crippen molar-refractivity contribution < 1.29 is 17.9 Å². The molecule has 0 atom stereocenters. The third-order valence-corrected chi connectivity index (χ3v) is 1.80. The molecule has 0 aromatic heterocycles. The summed E-state index contributed by atoms with van der Waals surface area (Å²) in [7, 11) is 0. The van der Waals surface area contributed by atoms with E-state index >= 15 is 0 Å². The van der Waals surface area contributed by atoms with Crippen molar-refractivity contribution in [1.82, 2.24) is 0 Å². The lowest BCUT2D eigenvalue weighted by atomic mass is 10.1. The monoisotopic (exact) mass is 230 g/mol. The molecule has 0 amide bonds. The first kappa shape index (κ1) is 12.3. The van der Waals surface area contributed by atoms with E-state index in [1.165, 1.54) is 0 Å². The molecular formula is C10H9F3N2O. The molecule has 2 N–H and O–H groups in total. The molecular weight excluding hydrogens is 221 g/mol. The van der Waals surface area contributed by atoms with Gasteiger partial charge in [0.05, 0.1) is 11.1 Å². The zero-order chi connectivity index (χ0) is 12.2. The first-order valence-corrected chi connectivity index (χ1v) is 4.43. The van der Waals surface area contributed by atoms with Crippen LogP contribution in [0.15, 0.2) is 18.2 Å². The minimum Gasteiger partial charge on any atom is -0.491 e. The normalized spacial score (nSPS) is 10.9. The Hall–Kier alpha value is -1.74. The van der Waals surface area contributed by atoms with Crippen molar-refractivity contribution in [2.75, 3.05) is 13.2 Å².